The molecule has 2 amide bonds. The van der Waals surface area contributed by atoms with E-state index in [4.69, 9.17) is 0 Å². The van der Waals surface area contributed by atoms with Gasteiger partial charge in [0, 0.05) is 26.6 Å². The van der Waals surface area contributed by atoms with Crippen LogP contribution in [0.15, 0.2) is 0 Å². The first kappa shape index (κ1) is 10.5. The maximum Gasteiger partial charge on any atom is 0.245 e. The highest BCUT2D eigenvalue weighted by Crippen LogP contribution is 2.29. The van der Waals surface area contributed by atoms with E-state index in [1.54, 1.807) is 23.9 Å². The fraction of sp³-hybridized carbons (Fsp3) is 0.818. The van der Waals surface area contributed by atoms with Crippen molar-refractivity contribution in [2.45, 2.75) is 31.7 Å². The number of nitrogens with zero attached hydrogens (tertiary/aromatic N) is 2. The minimum atomic E-state index is -0.205. The number of hydrogen-bond acceptors (Lipinski definition) is 2. The molecule has 4 heteroatoms. The first-order valence-corrected chi connectivity index (χ1v) is 5.63. The van der Waals surface area contributed by atoms with E-state index in [0.29, 0.717) is 0 Å². The van der Waals surface area contributed by atoms with Crippen LogP contribution >= 0.6 is 0 Å². The van der Waals surface area contributed by atoms with Crippen LogP contribution in [0.4, 0.5) is 0 Å². The van der Waals surface area contributed by atoms with Crippen LogP contribution in [0.2, 0.25) is 0 Å². The molecule has 1 heterocycles. The summed E-state index contributed by atoms with van der Waals surface area (Å²) in [5.41, 5.74) is 0. The van der Waals surface area contributed by atoms with Gasteiger partial charge < -0.3 is 9.80 Å². The highest BCUT2D eigenvalue weighted by molar-refractivity contribution is 5.89. The topological polar surface area (TPSA) is 40.6 Å². The zero-order valence-electron chi connectivity index (χ0n) is 9.40. The molecule has 0 N–H and O–H groups in total. The minimum Gasteiger partial charge on any atom is -0.344 e. The number of rotatable bonds is 2. The van der Waals surface area contributed by atoms with Gasteiger partial charge >= 0.3 is 0 Å². The Balaban J connectivity index is 1.98. The lowest BCUT2D eigenvalue weighted by molar-refractivity contribution is -0.144. The average Bonchev–Trinajstić information content (AvgIpc) is 2.44. The van der Waals surface area contributed by atoms with Gasteiger partial charge in [0.05, 0.1) is 0 Å². The Morgan fingerprint density at radius 3 is 2.47 bits per heavy atom. The Hall–Kier alpha value is -1.06. The Morgan fingerprint density at radius 2 is 2.07 bits per heavy atom. The molecule has 2 rings (SSSR count). The van der Waals surface area contributed by atoms with Crippen molar-refractivity contribution < 1.29 is 9.59 Å². The Kier molecular flexibility index (Phi) is 2.67. The van der Waals surface area contributed by atoms with Crippen LogP contribution in [0.5, 0.6) is 0 Å². The highest BCUT2D eigenvalue weighted by atomic mass is 16.2. The summed E-state index contributed by atoms with van der Waals surface area (Å²) in [5, 5.41) is 0. The maximum absolute atomic E-state index is 11.9. The maximum atomic E-state index is 11.9. The number of carbonyl (C=O) groups is 2. The quantitative estimate of drug-likeness (QED) is 0.665. The van der Waals surface area contributed by atoms with Crippen LogP contribution in [-0.4, -0.2) is 48.3 Å². The van der Waals surface area contributed by atoms with Crippen molar-refractivity contribution in [3.05, 3.63) is 0 Å². The Morgan fingerprint density at radius 1 is 1.40 bits per heavy atom. The molecule has 0 bridgehead atoms. The van der Waals surface area contributed by atoms with Gasteiger partial charge in [-0.05, 0) is 19.3 Å². The molecule has 1 saturated carbocycles. The van der Waals surface area contributed by atoms with Crippen LogP contribution in [-0.2, 0) is 9.59 Å². The second kappa shape index (κ2) is 3.83. The van der Waals surface area contributed by atoms with Gasteiger partial charge in [-0.3, -0.25) is 9.59 Å². The van der Waals surface area contributed by atoms with Crippen LogP contribution < -0.4 is 0 Å². The molecule has 2 fully saturated rings. The fourth-order valence-corrected chi connectivity index (χ4v) is 2.26. The van der Waals surface area contributed by atoms with Crippen molar-refractivity contribution in [2.75, 3.05) is 20.6 Å². The van der Waals surface area contributed by atoms with Crippen LogP contribution in [0.3, 0.4) is 0 Å². The molecule has 15 heavy (non-hydrogen) atoms. The van der Waals surface area contributed by atoms with Gasteiger partial charge in [-0.1, -0.05) is 6.42 Å². The monoisotopic (exact) mass is 210 g/mol. The first-order chi connectivity index (χ1) is 7.11. The van der Waals surface area contributed by atoms with E-state index in [0.717, 1.165) is 32.2 Å². The summed E-state index contributed by atoms with van der Waals surface area (Å²) in [4.78, 5) is 27.0. The molecule has 0 aromatic heterocycles. The lowest BCUT2D eigenvalue weighted by Crippen LogP contribution is -2.46. The average molecular weight is 210 g/mol. The predicted octanol–water partition coefficient (Wildman–Crippen LogP) is 0.476. The van der Waals surface area contributed by atoms with Gasteiger partial charge in [0.25, 0.3) is 0 Å². The number of likely N-dealkylation sites (tertiary alicyclic amines) is 1. The van der Waals surface area contributed by atoms with Gasteiger partial charge in [0.1, 0.15) is 6.04 Å². The van der Waals surface area contributed by atoms with Crippen LogP contribution in [0, 0.1) is 5.92 Å². The molecule has 0 aromatic carbocycles. The summed E-state index contributed by atoms with van der Waals surface area (Å²) in [6.45, 7) is 0.770. The standard InChI is InChI=1S/C11H18N2O2/c1-12-7-6-9(11(12)15)13(2)10(14)8-4-3-5-8/h8-9H,3-7H2,1-2H3. The summed E-state index contributed by atoms with van der Waals surface area (Å²) >= 11 is 0. The van der Waals surface area contributed by atoms with E-state index in [1.807, 2.05) is 0 Å². The molecular formula is C11H18N2O2. The molecule has 84 valence electrons. The van der Waals surface area contributed by atoms with E-state index >= 15 is 0 Å². The van der Waals surface area contributed by atoms with Crippen molar-refractivity contribution in [3.8, 4) is 0 Å². The molecular weight excluding hydrogens is 192 g/mol. The van der Waals surface area contributed by atoms with Gasteiger partial charge in [0.15, 0.2) is 0 Å². The Labute approximate surface area is 90.2 Å². The zero-order valence-corrected chi connectivity index (χ0v) is 9.40. The summed E-state index contributed by atoms with van der Waals surface area (Å²) in [5.74, 6) is 0.439. The third-order valence-electron chi connectivity index (χ3n) is 3.67. The van der Waals surface area contributed by atoms with E-state index in [2.05, 4.69) is 0 Å². The molecule has 4 nitrogen and oxygen atoms in total. The second-order valence-electron chi connectivity index (χ2n) is 4.64. The number of carbonyl (C=O) groups excluding carboxylic acids is 2. The Bertz CT molecular complexity index is 286. The summed E-state index contributed by atoms with van der Waals surface area (Å²) in [6, 6.07) is -0.205. The molecule has 1 saturated heterocycles. The van der Waals surface area contributed by atoms with Gasteiger partial charge in [-0.15, -0.1) is 0 Å². The van der Waals surface area contributed by atoms with Crippen molar-refractivity contribution >= 4 is 11.8 Å². The molecule has 0 aromatic rings. The van der Waals surface area contributed by atoms with Crippen molar-refractivity contribution in [3.63, 3.8) is 0 Å². The number of amides is 2. The summed E-state index contributed by atoms with van der Waals surface area (Å²) in [6.07, 6.45) is 3.94. The van der Waals surface area contributed by atoms with Crippen LogP contribution in [0.1, 0.15) is 25.7 Å². The zero-order chi connectivity index (χ0) is 11.0. The van der Waals surface area contributed by atoms with Gasteiger partial charge in [-0.2, -0.15) is 0 Å². The normalized spacial score (nSPS) is 26.7. The third kappa shape index (κ3) is 1.73. The van der Waals surface area contributed by atoms with Gasteiger partial charge in [0.2, 0.25) is 11.8 Å². The largest absolute Gasteiger partial charge is 0.344 e. The van der Waals surface area contributed by atoms with Crippen molar-refractivity contribution in [1.29, 1.82) is 0 Å². The minimum absolute atomic E-state index is 0.0881. The number of hydrogen-bond donors (Lipinski definition) is 0. The van der Waals surface area contributed by atoms with Gasteiger partial charge in [-0.25, -0.2) is 0 Å². The lowest BCUT2D eigenvalue weighted by Gasteiger charge is -2.31. The van der Waals surface area contributed by atoms with E-state index in [-0.39, 0.29) is 23.8 Å². The molecule has 0 radical (unpaired) electrons. The summed E-state index contributed by atoms with van der Waals surface area (Å²) in [7, 11) is 3.56. The molecule has 1 atom stereocenters. The molecule has 1 unspecified atom stereocenters. The molecule has 1 aliphatic heterocycles. The lowest BCUT2D eigenvalue weighted by atomic mass is 9.84. The number of likely N-dealkylation sites (N-methyl/N-ethyl adjacent to an activating group) is 2. The van der Waals surface area contributed by atoms with Crippen molar-refractivity contribution in [2.24, 2.45) is 5.92 Å². The molecule has 0 spiro atoms. The van der Waals surface area contributed by atoms with E-state index < -0.39 is 0 Å². The van der Waals surface area contributed by atoms with E-state index in [1.165, 1.54) is 0 Å². The first-order valence-electron chi connectivity index (χ1n) is 5.63. The SMILES string of the molecule is CN1CCC(N(C)C(=O)C2CCC2)C1=O. The highest BCUT2D eigenvalue weighted by Gasteiger charge is 2.37. The van der Waals surface area contributed by atoms with E-state index in [9.17, 15) is 9.59 Å². The van der Waals surface area contributed by atoms with Crippen LogP contribution in [0.25, 0.3) is 0 Å². The fourth-order valence-electron chi connectivity index (χ4n) is 2.26. The summed E-state index contributed by atoms with van der Waals surface area (Å²) < 4.78 is 0. The predicted molar refractivity (Wildman–Crippen MR) is 56.2 cm³/mol. The smallest absolute Gasteiger partial charge is 0.245 e. The second-order valence-corrected chi connectivity index (χ2v) is 4.64. The third-order valence-corrected chi connectivity index (χ3v) is 3.67. The van der Waals surface area contributed by atoms with Crippen molar-refractivity contribution in [1.82, 2.24) is 9.80 Å². The molecule has 1 aliphatic carbocycles. The molecule has 2 aliphatic rings.